The van der Waals surface area contributed by atoms with Crippen LogP contribution in [-0.2, 0) is 14.3 Å². The molecule has 0 radical (unpaired) electrons. The van der Waals surface area contributed by atoms with Crippen molar-refractivity contribution >= 4 is 18.2 Å². The van der Waals surface area contributed by atoms with Gasteiger partial charge in [0.1, 0.15) is 6.34 Å². The number of hydrogen-bond donors (Lipinski definition) is 4. The van der Waals surface area contributed by atoms with Crippen molar-refractivity contribution in [1.82, 2.24) is 16.2 Å². The van der Waals surface area contributed by atoms with Gasteiger partial charge in [-0.1, -0.05) is 0 Å². The molecule has 1 aliphatic carbocycles. The van der Waals surface area contributed by atoms with E-state index >= 15 is 0 Å². The van der Waals surface area contributed by atoms with Crippen molar-refractivity contribution in [2.24, 2.45) is 10.9 Å². The number of carbonyl (C=O) groups is 2. The maximum Gasteiger partial charge on any atom is 0.334 e. The van der Waals surface area contributed by atoms with E-state index < -0.39 is 5.97 Å². The molecule has 0 aromatic rings. The van der Waals surface area contributed by atoms with Gasteiger partial charge in [0.25, 0.3) is 0 Å². The van der Waals surface area contributed by atoms with Gasteiger partial charge in [-0.15, -0.1) is 0 Å². The lowest BCUT2D eigenvalue weighted by Crippen LogP contribution is -2.28. The van der Waals surface area contributed by atoms with E-state index in [1.54, 1.807) is 18.4 Å². The zero-order chi connectivity index (χ0) is 15.0. The number of hydrazone groups is 1. The van der Waals surface area contributed by atoms with Crippen LogP contribution in [0.1, 0.15) is 13.3 Å². The highest BCUT2D eigenvalue weighted by Crippen LogP contribution is 2.23. The Morgan fingerprint density at radius 3 is 2.75 bits per heavy atom. The van der Waals surface area contributed by atoms with Crippen LogP contribution in [0.25, 0.3) is 0 Å². The Hall–Kier alpha value is -2.77. The number of hydrazine groups is 1. The van der Waals surface area contributed by atoms with Gasteiger partial charge in [0.2, 0.25) is 5.91 Å². The van der Waals surface area contributed by atoms with Crippen molar-refractivity contribution in [2.45, 2.75) is 13.3 Å². The first-order chi connectivity index (χ1) is 9.58. The van der Waals surface area contributed by atoms with E-state index in [-0.39, 0.29) is 5.91 Å². The number of esters is 1. The number of nitrogens with one attached hydrogen (secondary N) is 3. The summed E-state index contributed by atoms with van der Waals surface area (Å²) < 4.78 is 4.67. The molecule has 0 bridgehead atoms. The Labute approximate surface area is 116 Å². The maximum atomic E-state index is 11.5. The van der Waals surface area contributed by atoms with E-state index in [2.05, 4.69) is 26.0 Å². The second-order valence-electron chi connectivity index (χ2n) is 3.86. The van der Waals surface area contributed by atoms with Gasteiger partial charge in [0, 0.05) is 30.8 Å². The van der Waals surface area contributed by atoms with Crippen molar-refractivity contribution in [1.29, 1.82) is 0 Å². The minimum Gasteiger partial charge on any atom is -0.466 e. The number of ether oxygens (including phenoxy) is 1. The molecule has 1 rings (SSSR count). The van der Waals surface area contributed by atoms with Crippen LogP contribution in [0, 0.1) is 0 Å². The van der Waals surface area contributed by atoms with Crippen LogP contribution in [0.5, 0.6) is 0 Å². The number of nitrogens with two attached hydrogens (primary N) is 1. The molecule has 1 amide bonds. The molecule has 0 saturated carbocycles. The summed E-state index contributed by atoms with van der Waals surface area (Å²) in [5.41, 5.74) is 7.12. The molecule has 8 nitrogen and oxygen atoms in total. The van der Waals surface area contributed by atoms with Crippen LogP contribution in [0.15, 0.2) is 40.3 Å². The summed E-state index contributed by atoms with van der Waals surface area (Å²) >= 11 is 0. The Balaban J connectivity index is 2.88. The zero-order valence-corrected chi connectivity index (χ0v) is 11.3. The topological polar surface area (TPSA) is 118 Å². The van der Waals surface area contributed by atoms with Crippen LogP contribution in [0.2, 0.25) is 0 Å². The van der Waals surface area contributed by atoms with Gasteiger partial charge >= 0.3 is 5.97 Å². The fourth-order valence-corrected chi connectivity index (χ4v) is 1.57. The molecule has 0 spiro atoms. The first-order valence-electron chi connectivity index (χ1n) is 5.77. The molecule has 0 fully saturated rings. The van der Waals surface area contributed by atoms with Crippen LogP contribution < -0.4 is 22.0 Å². The third-order valence-corrected chi connectivity index (χ3v) is 2.41. The summed E-state index contributed by atoms with van der Waals surface area (Å²) in [6, 6.07) is 0. The molecule has 0 aromatic carbocycles. The summed E-state index contributed by atoms with van der Waals surface area (Å²) in [4.78, 5) is 22.6. The Kier molecular flexibility index (Phi) is 5.82. The number of carbonyl (C=O) groups excluding carboxylic acids is 2. The summed E-state index contributed by atoms with van der Waals surface area (Å²) in [5, 5.41) is 5.93. The van der Waals surface area contributed by atoms with Gasteiger partial charge in [-0.2, -0.15) is 5.10 Å². The van der Waals surface area contributed by atoms with Crippen molar-refractivity contribution < 1.29 is 14.3 Å². The Morgan fingerprint density at radius 2 is 2.15 bits per heavy atom. The smallest absolute Gasteiger partial charge is 0.334 e. The number of amides is 1. The van der Waals surface area contributed by atoms with Crippen LogP contribution >= 0.6 is 0 Å². The molecule has 0 saturated heterocycles. The number of hydrogen-bond acceptors (Lipinski definition) is 6. The van der Waals surface area contributed by atoms with Crippen molar-refractivity contribution in [2.75, 3.05) is 7.11 Å². The van der Waals surface area contributed by atoms with Gasteiger partial charge in [-0.25, -0.2) is 4.79 Å². The molecule has 0 atom stereocenters. The minimum absolute atomic E-state index is 0.200. The molecule has 0 heterocycles. The average Bonchev–Trinajstić information content (AvgIpc) is 2.43. The summed E-state index contributed by atoms with van der Waals surface area (Å²) in [6.07, 6.45) is 6.43. The standard InChI is InChI=1S/C12H17N5O3/c1-8(18)17-11-4-3-9(12(19)20-2)5-10(11)6-15-16-7-14-13/h3-4,6-7,15H,5,13H2,1-2H3,(H,14,16)(H,17,18). The second kappa shape index (κ2) is 7.62. The predicted molar refractivity (Wildman–Crippen MR) is 73.6 cm³/mol. The lowest BCUT2D eigenvalue weighted by Gasteiger charge is -2.17. The third-order valence-electron chi connectivity index (χ3n) is 2.41. The number of methoxy groups -OCH3 is 1. The predicted octanol–water partition coefficient (Wildman–Crippen LogP) is -0.610. The number of nitrogens with zero attached hydrogens (tertiary/aromatic N) is 1. The normalized spacial score (nSPS) is 16.4. The molecular formula is C12H17N5O3. The summed E-state index contributed by atoms with van der Waals surface area (Å²) in [6.45, 7) is 1.41. The van der Waals surface area contributed by atoms with E-state index in [0.29, 0.717) is 23.3 Å². The third kappa shape index (κ3) is 4.48. The molecule has 0 aromatic heterocycles. The maximum absolute atomic E-state index is 11.5. The zero-order valence-electron chi connectivity index (χ0n) is 11.3. The Bertz CT molecular complexity index is 505. The molecule has 1 aliphatic rings. The molecule has 0 unspecified atom stereocenters. The highest BCUT2D eigenvalue weighted by atomic mass is 16.5. The van der Waals surface area contributed by atoms with E-state index in [4.69, 9.17) is 5.84 Å². The highest BCUT2D eigenvalue weighted by molar-refractivity contribution is 5.90. The summed E-state index contributed by atoms with van der Waals surface area (Å²) in [5.74, 6) is 4.32. The van der Waals surface area contributed by atoms with E-state index in [0.717, 1.165) is 0 Å². The van der Waals surface area contributed by atoms with Crippen molar-refractivity contribution in [3.63, 3.8) is 0 Å². The van der Waals surface area contributed by atoms with Crippen LogP contribution in [-0.4, -0.2) is 25.3 Å². The van der Waals surface area contributed by atoms with Gasteiger partial charge in [-0.05, 0) is 17.7 Å². The van der Waals surface area contributed by atoms with Crippen molar-refractivity contribution in [3.05, 3.63) is 35.2 Å². The monoisotopic (exact) mass is 279 g/mol. The van der Waals surface area contributed by atoms with Crippen LogP contribution in [0.4, 0.5) is 0 Å². The lowest BCUT2D eigenvalue weighted by molar-refractivity contribution is -0.136. The molecule has 20 heavy (non-hydrogen) atoms. The van der Waals surface area contributed by atoms with E-state index in [1.165, 1.54) is 20.4 Å². The van der Waals surface area contributed by atoms with Gasteiger partial charge in [0.05, 0.1) is 7.11 Å². The fourth-order valence-electron chi connectivity index (χ4n) is 1.57. The highest BCUT2D eigenvalue weighted by Gasteiger charge is 2.18. The van der Waals surface area contributed by atoms with Crippen molar-refractivity contribution in [3.8, 4) is 0 Å². The van der Waals surface area contributed by atoms with Gasteiger partial charge < -0.3 is 21.3 Å². The average molecular weight is 279 g/mol. The minimum atomic E-state index is -0.412. The second-order valence-corrected chi connectivity index (χ2v) is 3.86. The molecule has 8 heteroatoms. The van der Waals surface area contributed by atoms with Gasteiger partial charge in [-0.3, -0.25) is 10.2 Å². The summed E-state index contributed by atoms with van der Waals surface area (Å²) in [7, 11) is 1.32. The molecule has 108 valence electrons. The number of allylic oxidation sites excluding steroid dienone is 3. The SMILES string of the molecule is COC(=O)C1=CC=C(NC(C)=O)C(=CNNC=NN)C1. The Morgan fingerprint density at radius 1 is 1.40 bits per heavy atom. The van der Waals surface area contributed by atoms with E-state index in [1.807, 2.05) is 0 Å². The molecular weight excluding hydrogens is 262 g/mol. The molecule has 0 aliphatic heterocycles. The fraction of sp³-hybridized carbons (Fsp3) is 0.250. The number of rotatable bonds is 5. The first-order valence-corrected chi connectivity index (χ1v) is 5.77. The lowest BCUT2D eigenvalue weighted by atomic mass is 9.97. The largest absolute Gasteiger partial charge is 0.466 e. The van der Waals surface area contributed by atoms with E-state index in [9.17, 15) is 9.59 Å². The quantitative estimate of drug-likeness (QED) is 0.133. The van der Waals surface area contributed by atoms with Gasteiger partial charge in [0.15, 0.2) is 0 Å². The first kappa shape index (κ1) is 15.3. The van der Waals surface area contributed by atoms with Crippen LogP contribution in [0.3, 0.4) is 0 Å². The molecule has 5 N–H and O–H groups in total.